The average Bonchev–Trinajstić information content (AvgIpc) is 2.94. The van der Waals surface area contributed by atoms with E-state index >= 15 is 0 Å². The van der Waals surface area contributed by atoms with E-state index in [9.17, 15) is 4.79 Å². The van der Waals surface area contributed by atoms with Crippen LogP contribution in [0, 0.1) is 0 Å². The molecule has 20 heavy (non-hydrogen) atoms. The molecule has 0 atom stereocenters. The molecule has 2 heterocycles. The van der Waals surface area contributed by atoms with Gasteiger partial charge in [-0.2, -0.15) is 0 Å². The molecule has 2 saturated heterocycles. The third-order valence-corrected chi connectivity index (χ3v) is 4.52. The van der Waals surface area contributed by atoms with Crippen molar-refractivity contribution in [1.82, 2.24) is 4.90 Å². The van der Waals surface area contributed by atoms with Gasteiger partial charge in [-0.1, -0.05) is 28.1 Å². The molecule has 0 aliphatic carbocycles. The van der Waals surface area contributed by atoms with Crippen molar-refractivity contribution in [2.24, 2.45) is 0 Å². The van der Waals surface area contributed by atoms with Gasteiger partial charge in [0.15, 0.2) is 5.79 Å². The highest BCUT2D eigenvalue weighted by Gasteiger charge is 2.42. The Balaban J connectivity index is 1.72. The van der Waals surface area contributed by atoms with Crippen LogP contribution in [0.1, 0.15) is 28.8 Å². The molecule has 0 unspecified atom stereocenters. The number of amides is 1. The molecule has 3 rings (SSSR count). The van der Waals surface area contributed by atoms with Crippen LogP contribution in [0.4, 0.5) is 0 Å². The summed E-state index contributed by atoms with van der Waals surface area (Å²) in [5.41, 5.74) is 1.89. The van der Waals surface area contributed by atoms with Crippen LogP contribution in [0.2, 0.25) is 0 Å². The van der Waals surface area contributed by atoms with Crippen molar-refractivity contribution in [1.29, 1.82) is 0 Å². The van der Waals surface area contributed by atoms with Crippen LogP contribution in [0.3, 0.4) is 0 Å². The van der Waals surface area contributed by atoms with Gasteiger partial charge in [0.2, 0.25) is 0 Å². The summed E-state index contributed by atoms with van der Waals surface area (Å²) in [7, 11) is 0. The molecule has 0 radical (unpaired) electrons. The van der Waals surface area contributed by atoms with Crippen LogP contribution in [0.5, 0.6) is 0 Å². The summed E-state index contributed by atoms with van der Waals surface area (Å²) in [5.74, 6) is -0.492. The molecule has 108 valence electrons. The zero-order valence-electron chi connectivity index (χ0n) is 11.3. The second-order valence-electron chi connectivity index (χ2n) is 5.27. The highest BCUT2D eigenvalue weighted by Crippen LogP contribution is 2.30. The standard InChI is InChI=1S/C15H18BrNO3/c16-10-12-2-4-13(5-3-12)14(18)17-7-1-6-15(11-17)19-8-9-20-15/h2-5H,1,6-11H2. The summed E-state index contributed by atoms with van der Waals surface area (Å²) in [4.78, 5) is 14.4. The van der Waals surface area contributed by atoms with E-state index < -0.39 is 5.79 Å². The van der Waals surface area contributed by atoms with E-state index in [2.05, 4.69) is 15.9 Å². The molecule has 2 fully saturated rings. The SMILES string of the molecule is O=C(c1ccc(CBr)cc1)N1CCCC2(C1)OCCO2. The van der Waals surface area contributed by atoms with Gasteiger partial charge in [0, 0.05) is 23.9 Å². The average molecular weight is 340 g/mol. The molecule has 1 aromatic rings. The largest absolute Gasteiger partial charge is 0.346 e. The highest BCUT2D eigenvalue weighted by atomic mass is 79.9. The second kappa shape index (κ2) is 5.84. The lowest BCUT2D eigenvalue weighted by atomic mass is 10.0. The van der Waals surface area contributed by atoms with Crippen molar-refractivity contribution in [3.63, 3.8) is 0 Å². The highest BCUT2D eigenvalue weighted by molar-refractivity contribution is 9.08. The third kappa shape index (κ3) is 2.75. The number of carbonyl (C=O) groups excluding carboxylic acids is 1. The van der Waals surface area contributed by atoms with Gasteiger partial charge in [-0.15, -0.1) is 0 Å². The van der Waals surface area contributed by atoms with Crippen molar-refractivity contribution in [3.8, 4) is 0 Å². The summed E-state index contributed by atoms with van der Waals surface area (Å²) in [6, 6.07) is 7.72. The Bertz CT molecular complexity index is 482. The zero-order chi connectivity index (χ0) is 14.0. The summed E-state index contributed by atoms with van der Waals surface area (Å²) in [5, 5.41) is 0.802. The predicted octanol–water partition coefficient (Wildman–Crippen LogP) is 2.56. The Morgan fingerprint density at radius 2 is 1.95 bits per heavy atom. The van der Waals surface area contributed by atoms with Gasteiger partial charge in [0.05, 0.1) is 19.8 Å². The fraction of sp³-hybridized carbons (Fsp3) is 0.533. The molecule has 0 saturated carbocycles. The van der Waals surface area contributed by atoms with Gasteiger partial charge in [0.25, 0.3) is 5.91 Å². The van der Waals surface area contributed by atoms with Gasteiger partial charge < -0.3 is 14.4 Å². The predicted molar refractivity (Wildman–Crippen MR) is 78.8 cm³/mol. The molecular weight excluding hydrogens is 322 g/mol. The van der Waals surface area contributed by atoms with Crippen LogP contribution < -0.4 is 0 Å². The number of hydrogen-bond donors (Lipinski definition) is 0. The van der Waals surface area contributed by atoms with E-state index in [0.717, 1.165) is 30.3 Å². The lowest BCUT2D eigenvalue weighted by Gasteiger charge is -2.38. The minimum absolute atomic E-state index is 0.0595. The van der Waals surface area contributed by atoms with Crippen molar-refractivity contribution in [2.45, 2.75) is 24.0 Å². The maximum Gasteiger partial charge on any atom is 0.254 e. The van der Waals surface area contributed by atoms with Crippen LogP contribution in [0.15, 0.2) is 24.3 Å². The minimum Gasteiger partial charge on any atom is -0.346 e. The molecule has 0 aromatic heterocycles. The van der Waals surface area contributed by atoms with Gasteiger partial charge in [-0.05, 0) is 24.1 Å². The van der Waals surface area contributed by atoms with Crippen LogP contribution in [-0.2, 0) is 14.8 Å². The Hall–Kier alpha value is -0.910. The summed E-state index contributed by atoms with van der Waals surface area (Å²) >= 11 is 3.41. The van der Waals surface area contributed by atoms with Crippen LogP contribution in [-0.4, -0.2) is 42.9 Å². The summed E-state index contributed by atoms with van der Waals surface area (Å²) in [6.45, 7) is 2.56. The fourth-order valence-corrected chi connectivity index (χ4v) is 3.19. The molecule has 1 amide bonds. The van der Waals surface area contributed by atoms with Gasteiger partial charge in [-0.3, -0.25) is 4.79 Å². The van der Waals surface area contributed by atoms with E-state index in [1.54, 1.807) is 0 Å². The number of piperidine rings is 1. The van der Waals surface area contributed by atoms with Gasteiger partial charge in [0.1, 0.15) is 0 Å². The second-order valence-corrected chi connectivity index (χ2v) is 5.83. The van der Waals surface area contributed by atoms with Crippen LogP contribution in [0.25, 0.3) is 0 Å². The van der Waals surface area contributed by atoms with Crippen molar-refractivity contribution < 1.29 is 14.3 Å². The van der Waals surface area contributed by atoms with E-state index in [1.165, 1.54) is 5.56 Å². The quantitative estimate of drug-likeness (QED) is 0.777. The number of alkyl halides is 1. The fourth-order valence-electron chi connectivity index (χ4n) is 2.81. The molecule has 0 bridgehead atoms. The number of nitrogens with zero attached hydrogens (tertiary/aromatic N) is 1. The number of rotatable bonds is 2. The maximum absolute atomic E-state index is 12.5. The smallest absolute Gasteiger partial charge is 0.254 e. The third-order valence-electron chi connectivity index (χ3n) is 3.87. The van der Waals surface area contributed by atoms with E-state index in [1.807, 2.05) is 29.2 Å². The Labute approximate surface area is 127 Å². The minimum atomic E-state index is -0.552. The van der Waals surface area contributed by atoms with Gasteiger partial charge in [-0.25, -0.2) is 0 Å². The van der Waals surface area contributed by atoms with E-state index in [-0.39, 0.29) is 5.91 Å². The number of carbonyl (C=O) groups is 1. The number of benzene rings is 1. The molecule has 0 N–H and O–H groups in total. The first kappa shape index (κ1) is 14.0. The number of ether oxygens (including phenoxy) is 2. The van der Waals surface area contributed by atoms with Crippen LogP contribution >= 0.6 is 15.9 Å². The first-order valence-corrected chi connectivity index (χ1v) is 8.07. The topological polar surface area (TPSA) is 38.8 Å². The van der Waals surface area contributed by atoms with E-state index in [4.69, 9.17) is 9.47 Å². The number of likely N-dealkylation sites (tertiary alicyclic amines) is 1. The molecule has 1 spiro atoms. The molecule has 2 aliphatic heterocycles. The molecule has 2 aliphatic rings. The first-order chi connectivity index (χ1) is 9.72. The Kier molecular flexibility index (Phi) is 4.10. The molecule has 5 heteroatoms. The normalized spacial score (nSPS) is 21.4. The number of hydrogen-bond acceptors (Lipinski definition) is 3. The first-order valence-electron chi connectivity index (χ1n) is 6.95. The zero-order valence-corrected chi connectivity index (χ0v) is 12.9. The molecule has 1 aromatic carbocycles. The maximum atomic E-state index is 12.5. The monoisotopic (exact) mass is 339 g/mol. The summed E-state index contributed by atoms with van der Waals surface area (Å²) in [6.07, 6.45) is 1.80. The Morgan fingerprint density at radius 3 is 2.60 bits per heavy atom. The number of halogens is 1. The van der Waals surface area contributed by atoms with Gasteiger partial charge >= 0.3 is 0 Å². The summed E-state index contributed by atoms with van der Waals surface area (Å²) < 4.78 is 11.4. The lowest BCUT2D eigenvalue weighted by Crippen LogP contribution is -2.51. The molecule has 4 nitrogen and oxygen atoms in total. The molecular formula is C15H18BrNO3. The van der Waals surface area contributed by atoms with Crippen molar-refractivity contribution in [3.05, 3.63) is 35.4 Å². The lowest BCUT2D eigenvalue weighted by molar-refractivity contribution is -0.183. The van der Waals surface area contributed by atoms with E-state index in [0.29, 0.717) is 19.8 Å². The Morgan fingerprint density at radius 1 is 1.25 bits per heavy atom. The van der Waals surface area contributed by atoms with Crippen molar-refractivity contribution >= 4 is 21.8 Å². The van der Waals surface area contributed by atoms with Crippen molar-refractivity contribution in [2.75, 3.05) is 26.3 Å².